The van der Waals surface area contributed by atoms with Gasteiger partial charge in [0.2, 0.25) is 0 Å². The van der Waals surface area contributed by atoms with Crippen molar-refractivity contribution in [2.75, 3.05) is 4.90 Å². The molecule has 1 saturated heterocycles. The summed E-state index contributed by atoms with van der Waals surface area (Å²) in [5.74, 6) is -0.860. The van der Waals surface area contributed by atoms with E-state index in [-0.39, 0.29) is 17.4 Å². The van der Waals surface area contributed by atoms with Crippen LogP contribution in [-0.4, -0.2) is 22.9 Å². The van der Waals surface area contributed by atoms with Gasteiger partial charge in [-0.1, -0.05) is 24.3 Å². The minimum Gasteiger partial charge on any atom is -0.507 e. The van der Waals surface area contributed by atoms with Crippen molar-refractivity contribution in [3.8, 4) is 5.75 Å². The number of carbonyl (C=O) groups excluding carboxylic acids is 2. The maximum absolute atomic E-state index is 13.1. The molecule has 4 rings (SSSR count). The van der Waals surface area contributed by atoms with Crippen LogP contribution in [0.2, 0.25) is 0 Å². The second kappa shape index (κ2) is 8.40. The summed E-state index contributed by atoms with van der Waals surface area (Å²) in [4.78, 5) is 28.5. The molecule has 0 spiro atoms. The van der Waals surface area contributed by atoms with Crippen molar-refractivity contribution < 1.29 is 19.4 Å². The Kier molecular flexibility index (Phi) is 5.65. The fourth-order valence-corrected chi connectivity index (χ4v) is 4.57. The molecule has 158 valence electrons. The molecule has 2 aromatic carbocycles. The van der Waals surface area contributed by atoms with Crippen LogP contribution in [-0.2, 0) is 9.59 Å². The van der Waals surface area contributed by atoms with Gasteiger partial charge in [-0.2, -0.15) is 0 Å². The van der Waals surface area contributed by atoms with Crippen LogP contribution in [0.4, 0.5) is 5.69 Å². The summed E-state index contributed by atoms with van der Waals surface area (Å²) in [6.07, 6.45) is 0.0257. The molecule has 5 nitrogen and oxygen atoms in total. The highest BCUT2D eigenvalue weighted by Crippen LogP contribution is 2.44. The lowest BCUT2D eigenvalue weighted by Crippen LogP contribution is -2.29. The van der Waals surface area contributed by atoms with Gasteiger partial charge in [0.05, 0.1) is 11.7 Å². The number of amides is 1. The number of nitrogens with zero attached hydrogens (tertiary/aromatic N) is 1. The van der Waals surface area contributed by atoms with E-state index in [1.165, 1.54) is 16.2 Å². The normalized spacial score (nSPS) is 18.1. The Labute approximate surface area is 185 Å². The first-order valence-electron chi connectivity index (χ1n) is 10.1. The first-order chi connectivity index (χ1) is 14.9. The number of benzene rings is 2. The number of ketones is 1. The molecule has 3 aromatic rings. The lowest BCUT2D eigenvalue weighted by Gasteiger charge is -2.25. The molecule has 2 heterocycles. The van der Waals surface area contributed by atoms with E-state index in [9.17, 15) is 14.7 Å². The second-order valence-corrected chi connectivity index (χ2v) is 8.64. The Bertz CT molecular complexity index is 1150. The third kappa shape index (κ3) is 3.86. The zero-order chi connectivity index (χ0) is 22.1. The van der Waals surface area contributed by atoms with Crippen LogP contribution in [0.5, 0.6) is 5.75 Å². The van der Waals surface area contributed by atoms with Gasteiger partial charge in [-0.15, -0.1) is 11.3 Å². The summed E-state index contributed by atoms with van der Waals surface area (Å²) < 4.78 is 5.66. The predicted octanol–water partition coefficient (Wildman–Crippen LogP) is 5.47. The number of Topliss-reactive ketones (excluding diaryl/α,β-unsaturated/α-hetero) is 1. The number of hydrogen-bond donors (Lipinski definition) is 1. The molecular weight excluding hydrogens is 410 g/mol. The summed E-state index contributed by atoms with van der Waals surface area (Å²) in [7, 11) is 0. The monoisotopic (exact) mass is 433 g/mol. The van der Waals surface area contributed by atoms with Gasteiger partial charge in [0.15, 0.2) is 0 Å². The van der Waals surface area contributed by atoms with E-state index in [0.717, 1.165) is 10.4 Å². The SMILES string of the molecule is Cc1ccccc1N1C(=O)C(=O)/C(=C(\O)c2ccc(OC(C)C)cc2)C1c1cccs1. The quantitative estimate of drug-likeness (QED) is 0.329. The largest absolute Gasteiger partial charge is 0.507 e. The van der Waals surface area contributed by atoms with Crippen LogP contribution < -0.4 is 9.64 Å². The average Bonchev–Trinajstić information content (AvgIpc) is 3.36. The summed E-state index contributed by atoms with van der Waals surface area (Å²) in [5, 5.41) is 13.0. The lowest BCUT2D eigenvalue weighted by atomic mass is 9.99. The molecule has 1 aliphatic rings. The third-order valence-corrected chi connectivity index (χ3v) is 6.06. The number of anilines is 1. The smallest absolute Gasteiger partial charge is 0.300 e. The van der Waals surface area contributed by atoms with Gasteiger partial charge in [-0.05, 0) is 68.1 Å². The van der Waals surface area contributed by atoms with Crippen molar-refractivity contribution in [1.82, 2.24) is 0 Å². The fraction of sp³-hybridized carbons (Fsp3) is 0.200. The Balaban J connectivity index is 1.85. The molecule has 0 saturated carbocycles. The van der Waals surface area contributed by atoms with E-state index < -0.39 is 17.7 Å². The number of carbonyl (C=O) groups is 2. The Morgan fingerprint density at radius 3 is 2.35 bits per heavy atom. The molecule has 0 radical (unpaired) electrons. The molecule has 1 unspecified atom stereocenters. The van der Waals surface area contributed by atoms with Crippen LogP contribution >= 0.6 is 11.3 Å². The van der Waals surface area contributed by atoms with E-state index >= 15 is 0 Å². The number of aryl methyl sites for hydroxylation is 1. The average molecular weight is 434 g/mol. The molecule has 1 amide bonds. The topological polar surface area (TPSA) is 66.8 Å². The number of aliphatic hydroxyl groups is 1. The van der Waals surface area contributed by atoms with Gasteiger partial charge in [0, 0.05) is 16.1 Å². The van der Waals surface area contributed by atoms with E-state index in [1.807, 2.05) is 62.5 Å². The minimum absolute atomic E-state index is 0.0257. The standard InChI is InChI=1S/C25H23NO4S/c1-15(2)30-18-12-10-17(11-13-18)23(27)21-22(20-9-6-14-31-20)26(25(29)24(21)28)19-8-5-4-7-16(19)3/h4-15,22,27H,1-3H3/b23-21-. The van der Waals surface area contributed by atoms with E-state index in [4.69, 9.17) is 4.74 Å². The van der Waals surface area contributed by atoms with Crippen LogP contribution in [0.1, 0.15) is 35.9 Å². The van der Waals surface area contributed by atoms with Gasteiger partial charge >= 0.3 is 0 Å². The van der Waals surface area contributed by atoms with Crippen molar-refractivity contribution in [1.29, 1.82) is 0 Å². The highest BCUT2D eigenvalue weighted by atomic mass is 32.1. The number of hydrogen-bond acceptors (Lipinski definition) is 5. The highest BCUT2D eigenvalue weighted by molar-refractivity contribution is 7.10. The summed E-state index contributed by atoms with van der Waals surface area (Å²) in [6, 6.07) is 17.4. The molecule has 1 N–H and O–H groups in total. The van der Waals surface area contributed by atoms with Crippen LogP contribution in [0.15, 0.2) is 71.6 Å². The van der Waals surface area contributed by atoms with Crippen molar-refractivity contribution in [3.05, 3.63) is 87.6 Å². The molecule has 31 heavy (non-hydrogen) atoms. The minimum atomic E-state index is -0.693. The molecule has 1 atom stereocenters. The Hall–Kier alpha value is -3.38. The van der Waals surface area contributed by atoms with Crippen LogP contribution in [0, 0.1) is 6.92 Å². The fourth-order valence-electron chi connectivity index (χ4n) is 3.75. The highest BCUT2D eigenvalue weighted by Gasteiger charge is 2.47. The zero-order valence-corrected chi connectivity index (χ0v) is 18.3. The molecule has 0 aliphatic carbocycles. The second-order valence-electron chi connectivity index (χ2n) is 7.66. The summed E-state index contributed by atoms with van der Waals surface area (Å²) in [5.41, 5.74) is 2.08. The van der Waals surface area contributed by atoms with Gasteiger partial charge in [0.25, 0.3) is 11.7 Å². The Morgan fingerprint density at radius 1 is 1.03 bits per heavy atom. The summed E-state index contributed by atoms with van der Waals surface area (Å²) >= 11 is 1.44. The number of thiophene rings is 1. The first kappa shape index (κ1) is 20.9. The summed E-state index contributed by atoms with van der Waals surface area (Å²) in [6.45, 7) is 5.76. The predicted molar refractivity (Wildman–Crippen MR) is 122 cm³/mol. The van der Waals surface area contributed by atoms with E-state index in [2.05, 4.69) is 0 Å². The lowest BCUT2D eigenvalue weighted by molar-refractivity contribution is -0.132. The van der Waals surface area contributed by atoms with Crippen molar-refractivity contribution in [3.63, 3.8) is 0 Å². The molecule has 1 aromatic heterocycles. The van der Waals surface area contributed by atoms with Crippen molar-refractivity contribution >= 4 is 34.5 Å². The van der Waals surface area contributed by atoms with Gasteiger partial charge in [-0.25, -0.2) is 0 Å². The van der Waals surface area contributed by atoms with Crippen LogP contribution in [0.3, 0.4) is 0 Å². The first-order valence-corrected chi connectivity index (χ1v) is 10.9. The maximum atomic E-state index is 13.1. The third-order valence-electron chi connectivity index (χ3n) is 5.13. The van der Waals surface area contributed by atoms with Crippen molar-refractivity contribution in [2.24, 2.45) is 0 Å². The van der Waals surface area contributed by atoms with Gasteiger partial charge in [0.1, 0.15) is 17.6 Å². The number of aliphatic hydroxyl groups excluding tert-OH is 1. The van der Waals surface area contributed by atoms with Crippen molar-refractivity contribution in [2.45, 2.75) is 32.9 Å². The van der Waals surface area contributed by atoms with Gasteiger partial charge < -0.3 is 9.84 Å². The van der Waals surface area contributed by atoms with Crippen LogP contribution in [0.25, 0.3) is 5.76 Å². The maximum Gasteiger partial charge on any atom is 0.300 e. The van der Waals surface area contributed by atoms with E-state index in [1.54, 1.807) is 24.3 Å². The molecular formula is C25H23NO4S. The van der Waals surface area contributed by atoms with E-state index in [0.29, 0.717) is 17.0 Å². The zero-order valence-electron chi connectivity index (χ0n) is 17.5. The molecule has 6 heteroatoms. The van der Waals surface area contributed by atoms with Gasteiger partial charge in [-0.3, -0.25) is 14.5 Å². The molecule has 1 fully saturated rings. The molecule has 0 bridgehead atoms. The molecule has 1 aliphatic heterocycles. The Morgan fingerprint density at radius 2 is 1.74 bits per heavy atom. The number of rotatable bonds is 5. The number of ether oxygens (including phenoxy) is 1. The number of para-hydroxylation sites is 1.